The fourth-order valence-electron chi connectivity index (χ4n) is 4.35. The number of rotatable bonds is 7. The number of amides is 1. The van der Waals surface area contributed by atoms with Crippen LogP contribution in [0.15, 0.2) is 78.9 Å². The summed E-state index contributed by atoms with van der Waals surface area (Å²) >= 11 is 6.16. The molecule has 0 unspecified atom stereocenters. The first-order valence-corrected chi connectivity index (χ1v) is 11.3. The first-order valence-electron chi connectivity index (χ1n) is 11.0. The van der Waals surface area contributed by atoms with E-state index in [0.29, 0.717) is 30.3 Å². The predicted octanol–water partition coefficient (Wildman–Crippen LogP) is 4.65. The fourth-order valence-corrected chi connectivity index (χ4v) is 4.54. The largest absolute Gasteiger partial charge is 0.489 e. The number of benzene rings is 3. The van der Waals surface area contributed by atoms with Crippen LogP contribution in [0.25, 0.3) is 11.0 Å². The van der Waals surface area contributed by atoms with Crippen LogP contribution in [-0.4, -0.2) is 39.8 Å². The Kier molecular flexibility index (Phi) is 6.03. The molecule has 168 valence electrons. The summed E-state index contributed by atoms with van der Waals surface area (Å²) in [6.07, 6.45) is -0.398. The number of aliphatic hydroxyl groups is 1. The highest BCUT2D eigenvalue weighted by Crippen LogP contribution is 2.33. The van der Waals surface area contributed by atoms with Gasteiger partial charge in [-0.3, -0.25) is 4.79 Å². The van der Waals surface area contributed by atoms with E-state index in [-0.39, 0.29) is 18.4 Å². The highest BCUT2D eigenvalue weighted by atomic mass is 35.5. The molecule has 0 bridgehead atoms. The summed E-state index contributed by atoms with van der Waals surface area (Å²) < 4.78 is 7.75. The van der Waals surface area contributed by atoms with Crippen LogP contribution >= 0.6 is 11.6 Å². The van der Waals surface area contributed by atoms with Gasteiger partial charge in [-0.1, -0.05) is 54.1 Å². The molecule has 2 heterocycles. The standard InChI is InChI=1S/C26H24ClN3O3/c27-21-10-4-7-13-24(21)33-17-20(31)16-30-23-12-6-5-11-22(23)28-26(30)18-14-25(32)29(15-18)19-8-2-1-3-9-19/h1-13,18,20,31H,14-17H2/t18-,20-/m1/s1. The first kappa shape index (κ1) is 21.5. The number of aliphatic hydroxyl groups excluding tert-OH is 1. The highest BCUT2D eigenvalue weighted by Gasteiger charge is 2.35. The quantitative estimate of drug-likeness (QED) is 0.435. The lowest BCUT2D eigenvalue weighted by molar-refractivity contribution is -0.117. The van der Waals surface area contributed by atoms with Gasteiger partial charge < -0.3 is 19.3 Å². The number of halogens is 1. The number of carbonyl (C=O) groups is 1. The number of anilines is 1. The van der Waals surface area contributed by atoms with E-state index >= 15 is 0 Å². The molecule has 1 aromatic heterocycles. The number of imidazole rings is 1. The molecular formula is C26H24ClN3O3. The Morgan fingerprint density at radius 2 is 1.76 bits per heavy atom. The fraction of sp³-hybridized carbons (Fsp3) is 0.231. The second kappa shape index (κ2) is 9.25. The maximum Gasteiger partial charge on any atom is 0.227 e. The Labute approximate surface area is 197 Å². The summed E-state index contributed by atoms with van der Waals surface area (Å²) in [5.74, 6) is 1.35. The van der Waals surface area contributed by atoms with Gasteiger partial charge in [-0.15, -0.1) is 0 Å². The summed E-state index contributed by atoms with van der Waals surface area (Å²) in [6.45, 7) is 0.949. The lowest BCUT2D eigenvalue weighted by Crippen LogP contribution is -2.26. The number of fused-ring (bicyclic) bond motifs is 1. The normalized spacial score (nSPS) is 17.0. The lowest BCUT2D eigenvalue weighted by atomic mass is 10.1. The van der Waals surface area contributed by atoms with E-state index in [4.69, 9.17) is 21.3 Å². The zero-order valence-electron chi connectivity index (χ0n) is 18.0. The van der Waals surface area contributed by atoms with Gasteiger partial charge >= 0.3 is 0 Å². The zero-order chi connectivity index (χ0) is 22.8. The maximum absolute atomic E-state index is 12.8. The minimum absolute atomic E-state index is 0.0678. The van der Waals surface area contributed by atoms with Crippen LogP contribution in [0.1, 0.15) is 18.2 Å². The Morgan fingerprint density at radius 3 is 2.58 bits per heavy atom. The number of nitrogens with zero attached hydrogens (tertiary/aromatic N) is 3. The molecule has 1 fully saturated rings. The third kappa shape index (κ3) is 4.45. The second-order valence-electron chi connectivity index (χ2n) is 8.21. The third-order valence-electron chi connectivity index (χ3n) is 5.90. The monoisotopic (exact) mass is 461 g/mol. The van der Waals surface area contributed by atoms with Crippen molar-refractivity contribution in [1.82, 2.24) is 9.55 Å². The van der Waals surface area contributed by atoms with Crippen molar-refractivity contribution in [1.29, 1.82) is 0 Å². The van der Waals surface area contributed by atoms with Gasteiger partial charge in [0.2, 0.25) is 5.91 Å². The van der Waals surface area contributed by atoms with Gasteiger partial charge in [0.15, 0.2) is 0 Å². The minimum Gasteiger partial charge on any atom is -0.489 e. The van der Waals surface area contributed by atoms with Crippen LogP contribution in [0.3, 0.4) is 0 Å². The molecule has 0 saturated carbocycles. The van der Waals surface area contributed by atoms with E-state index < -0.39 is 6.10 Å². The SMILES string of the molecule is O=C1C[C@@H](c2nc3ccccc3n2C[C@@H](O)COc2ccccc2Cl)CN1c1ccccc1. The molecule has 1 N–H and O–H groups in total. The number of ether oxygens (including phenoxy) is 1. The van der Waals surface area contributed by atoms with Crippen molar-refractivity contribution in [3.8, 4) is 5.75 Å². The molecule has 1 aliphatic rings. The van der Waals surface area contributed by atoms with E-state index in [9.17, 15) is 9.90 Å². The number of aromatic nitrogens is 2. The minimum atomic E-state index is -0.778. The van der Waals surface area contributed by atoms with Gasteiger partial charge in [-0.25, -0.2) is 4.98 Å². The van der Waals surface area contributed by atoms with Gasteiger partial charge in [0.25, 0.3) is 0 Å². The summed E-state index contributed by atoms with van der Waals surface area (Å²) in [6, 6.07) is 24.7. The summed E-state index contributed by atoms with van der Waals surface area (Å²) in [5, 5.41) is 11.3. The molecule has 5 rings (SSSR count). The summed E-state index contributed by atoms with van der Waals surface area (Å²) in [4.78, 5) is 19.5. The van der Waals surface area contributed by atoms with E-state index in [1.807, 2.05) is 76.2 Å². The molecular weight excluding hydrogens is 438 g/mol. The molecule has 4 aromatic rings. The van der Waals surface area contributed by atoms with Gasteiger partial charge in [-0.05, 0) is 36.4 Å². The molecule has 0 aliphatic carbocycles. The average Bonchev–Trinajstić information content (AvgIpc) is 3.40. The summed E-state index contributed by atoms with van der Waals surface area (Å²) in [7, 11) is 0. The molecule has 6 nitrogen and oxygen atoms in total. The Hall–Kier alpha value is -3.35. The van der Waals surface area contributed by atoms with E-state index in [1.54, 1.807) is 12.1 Å². The number of hydrogen-bond acceptors (Lipinski definition) is 4. The van der Waals surface area contributed by atoms with Gasteiger partial charge in [-0.2, -0.15) is 0 Å². The van der Waals surface area contributed by atoms with Crippen LogP contribution < -0.4 is 9.64 Å². The number of carbonyl (C=O) groups excluding carboxylic acids is 1. The first-order chi connectivity index (χ1) is 16.1. The van der Waals surface area contributed by atoms with Crippen molar-refractivity contribution < 1.29 is 14.6 Å². The lowest BCUT2D eigenvalue weighted by Gasteiger charge is -2.19. The van der Waals surface area contributed by atoms with Crippen LogP contribution in [0, 0.1) is 0 Å². The van der Waals surface area contributed by atoms with Crippen molar-refractivity contribution in [3.63, 3.8) is 0 Å². The zero-order valence-corrected chi connectivity index (χ0v) is 18.7. The van der Waals surface area contributed by atoms with E-state index in [2.05, 4.69) is 0 Å². The topological polar surface area (TPSA) is 67.6 Å². The molecule has 2 atom stereocenters. The van der Waals surface area contributed by atoms with Crippen LogP contribution in [-0.2, 0) is 11.3 Å². The van der Waals surface area contributed by atoms with Crippen molar-refractivity contribution in [2.45, 2.75) is 25.0 Å². The highest BCUT2D eigenvalue weighted by molar-refractivity contribution is 6.32. The van der Waals surface area contributed by atoms with Crippen LogP contribution in [0.2, 0.25) is 5.02 Å². The van der Waals surface area contributed by atoms with Gasteiger partial charge in [0, 0.05) is 24.6 Å². The van der Waals surface area contributed by atoms with Crippen molar-refractivity contribution >= 4 is 34.2 Å². The smallest absolute Gasteiger partial charge is 0.227 e. The molecule has 0 radical (unpaired) electrons. The third-order valence-corrected chi connectivity index (χ3v) is 6.22. The summed E-state index contributed by atoms with van der Waals surface area (Å²) in [5.41, 5.74) is 2.66. The Balaban J connectivity index is 1.39. The molecule has 33 heavy (non-hydrogen) atoms. The van der Waals surface area contributed by atoms with Crippen molar-refractivity contribution in [2.75, 3.05) is 18.1 Å². The van der Waals surface area contributed by atoms with Gasteiger partial charge in [0.1, 0.15) is 24.3 Å². The molecule has 0 spiro atoms. The van der Waals surface area contributed by atoms with E-state index in [1.165, 1.54) is 0 Å². The predicted molar refractivity (Wildman–Crippen MR) is 129 cm³/mol. The maximum atomic E-state index is 12.8. The Morgan fingerprint density at radius 1 is 1.03 bits per heavy atom. The van der Waals surface area contributed by atoms with Crippen molar-refractivity contribution in [3.05, 3.63) is 89.7 Å². The van der Waals surface area contributed by atoms with Gasteiger partial charge in [0.05, 0.1) is 22.6 Å². The second-order valence-corrected chi connectivity index (χ2v) is 8.61. The van der Waals surface area contributed by atoms with Crippen molar-refractivity contribution in [2.24, 2.45) is 0 Å². The number of para-hydroxylation sites is 4. The van der Waals surface area contributed by atoms with E-state index in [0.717, 1.165) is 22.5 Å². The van der Waals surface area contributed by atoms with Crippen LogP contribution in [0.5, 0.6) is 5.75 Å². The molecule has 7 heteroatoms. The van der Waals surface area contributed by atoms with Crippen LogP contribution in [0.4, 0.5) is 5.69 Å². The molecule has 1 aliphatic heterocycles. The average molecular weight is 462 g/mol. The number of hydrogen-bond donors (Lipinski definition) is 1. The molecule has 1 amide bonds. The molecule has 3 aromatic carbocycles. The molecule has 1 saturated heterocycles. The Bertz CT molecular complexity index is 1270.